The third kappa shape index (κ3) is 3.47. The normalized spacial score (nSPS) is 12.7. The molecule has 0 aliphatic carbocycles. The molecule has 108 valence electrons. The zero-order valence-electron chi connectivity index (χ0n) is 10.7. The molecule has 1 heterocycles. The highest BCUT2D eigenvalue weighted by Gasteiger charge is 2.24. The highest BCUT2D eigenvalue weighted by atomic mass is 79.9. The van der Waals surface area contributed by atoms with Crippen molar-refractivity contribution in [2.45, 2.75) is 19.4 Å². The first kappa shape index (κ1) is 16.1. The van der Waals surface area contributed by atoms with E-state index in [1.54, 1.807) is 0 Å². The van der Waals surface area contributed by atoms with Gasteiger partial charge in [0.1, 0.15) is 11.6 Å². The van der Waals surface area contributed by atoms with Crippen molar-refractivity contribution in [3.05, 3.63) is 54.6 Å². The number of thiophene rings is 1. The number of hydrogen-bond acceptors (Lipinski definition) is 2. The summed E-state index contributed by atoms with van der Waals surface area (Å²) < 4.78 is 29.6. The first-order chi connectivity index (χ1) is 9.54. The lowest BCUT2D eigenvalue weighted by molar-refractivity contribution is 0.502. The quantitative estimate of drug-likeness (QED) is 0.654. The van der Waals surface area contributed by atoms with Crippen LogP contribution in [0.4, 0.5) is 8.78 Å². The molecule has 20 heavy (non-hydrogen) atoms. The molecule has 0 fully saturated rings. The van der Waals surface area contributed by atoms with Crippen molar-refractivity contribution < 1.29 is 8.78 Å². The SMILES string of the molecule is CCCNC(c1cscc1Br)c1c(F)cc(Br)cc1F. The smallest absolute Gasteiger partial charge is 0.132 e. The molecular formula is C14H13Br2F2NS. The molecule has 0 saturated heterocycles. The third-order valence-electron chi connectivity index (χ3n) is 2.88. The lowest BCUT2D eigenvalue weighted by Gasteiger charge is -2.20. The van der Waals surface area contributed by atoms with Gasteiger partial charge in [0.05, 0.1) is 6.04 Å². The van der Waals surface area contributed by atoms with Crippen molar-refractivity contribution in [2.24, 2.45) is 0 Å². The van der Waals surface area contributed by atoms with E-state index < -0.39 is 17.7 Å². The van der Waals surface area contributed by atoms with E-state index in [1.807, 2.05) is 17.7 Å². The van der Waals surface area contributed by atoms with Crippen LogP contribution in [0.3, 0.4) is 0 Å². The van der Waals surface area contributed by atoms with E-state index in [1.165, 1.54) is 23.5 Å². The standard InChI is InChI=1S/C14H13Br2F2NS/c1-2-3-19-14(9-6-20-7-10(9)16)13-11(17)4-8(15)5-12(13)18/h4-7,14,19H,2-3H2,1H3. The first-order valence-corrected chi connectivity index (χ1v) is 8.66. The Morgan fingerprint density at radius 2 is 1.85 bits per heavy atom. The average Bonchev–Trinajstić information content (AvgIpc) is 2.78. The van der Waals surface area contributed by atoms with E-state index in [0.717, 1.165) is 16.5 Å². The highest BCUT2D eigenvalue weighted by Crippen LogP contribution is 2.35. The van der Waals surface area contributed by atoms with Crippen LogP contribution in [0.1, 0.15) is 30.5 Å². The molecule has 0 spiro atoms. The van der Waals surface area contributed by atoms with E-state index in [4.69, 9.17) is 0 Å². The lowest BCUT2D eigenvalue weighted by Crippen LogP contribution is -2.25. The number of hydrogen-bond donors (Lipinski definition) is 1. The van der Waals surface area contributed by atoms with Crippen LogP contribution in [0.15, 0.2) is 31.8 Å². The second-order valence-corrected chi connectivity index (χ2v) is 6.86. The third-order valence-corrected chi connectivity index (χ3v) is 5.09. The monoisotopic (exact) mass is 423 g/mol. The summed E-state index contributed by atoms with van der Waals surface area (Å²) in [4.78, 5) is 0. The first-order valence-electron chi connectivity index (χ1n) is 6.14. The maximum absolute atomic E-state index is 14.2. The maximum atomic E-state index is 14.2. The Bertz CT molecular complexity index is 578. The summed E-state index contributed by atoms with van der Waals surface area (Å²) >= 11 is 8.04. The predicted molar refractivity (Wildman–Crippen MR) is 86.2 cm³/mol. The molecule has 1 unspecified atom stereocenters. The van der Waals surface area contributed by atoms with Crippen molar-refractivity contribution in [1.82, 2.24) is 5.32 Å². The van der Waals surface area contributed by atoms with Gasteiger partial charge in [-0.3, -0.25) is 0 Å². The van der Waals surface area contributed by atoms with Crippen molar-refractivity contribution in [3.8, 4) is 0 Å². The highest BCUT2D eigenvalue weighted by molar-refractivity contribution is 9.10. The van der Waals surface area contributed by atoms with E-state index in [2.05, 4.69) is 37.2 Å². The van der Waals surface area contributed by atoms with Crippen molar-refractivity contribution >= 4 is 43.2 Å². The van der Waals surface area contributed by atoms with Crippen molar-refractivity contribution in [2.75, 3.05) is 6.54 Å². The van der Waals surface area contributed by atoms with Crippen LogP contribution in [0.2, 0.25) is 0 Å². The summed E-state index contributed by atoms with van der Waals surface area (Å²) in [5, 5.41) is 7.02. The zero-order chi connectivity index (χ0) is 14.7. The van der Waals surface area contributed by atoms with Crippen LogP contribution in [0.5, 0.6) is 0 Å². The molecule has 0 aliphatic heterocycles. The zero-order valence-corrected chi connectivity index (χ0v) is 14.7. The van der Waals surface area contributed by atoms with Crippen LogP contribution < -0.4 is 5.32 Å². The Morgan fingerprint density at radius 1 is 1.20 bits per heavy atom. The Hall–Kier alpha value is -0.300. The number of benzene rings is 1. The molecule has 1 aromatic carbocycles. The maximum Gasteiger partial charge on any atom is 0.132 e. The van der Waals surface area contributed by atoms with Gasteiger partial charge in [0.2, 0.25) is 0 Å². The molecule has 0 aliphatic rings. The van der Waals surface area contributed by atoms with Crippen molar-refractivity contribution in [3.63, 3.8) is 0 Å². The summed E-state index contributed by atoms with van der Waals surface area (Å²) in [6.07, 6.45) is 0.887. The largest absolute Gasteiger partial charge is 0.306 e. The molecule has 1 nitrogen and oxygen atoms in total. The summed E-state index contributed by atoms with van der Waals surface area (Å²) in [5.74, 6) is -1.10. The van der Waals surface area contributed by atoms with Gasteiger partial charge in [-0.25, -0.2) is 8.78 Å². The number of rotatable bonds is 5. The fourth-order valence-electron chi connectivity index (χ4n) is 1.98. The Labute approximate surface area is 137 Å². The van der Waals surface area contributed by atoms with Crippen LogP contribution >= 0.6 is 43.2 Å². The van der Waals surface area contributed by atoms with Crippen molar-refractivity contribution in [1.29, 1.82) is 0 Å². The topological polar surface area (TPSA) is 12.0 Å². The fourth-order valence-corrected chi connectivity index (χ4v) is 3.94. The van der Waals surface area contributed by atoms with Crippen LogP contribution in [-0.2, 0) is 0 Å². The number of nitrogens with one attached hydrogen (secondary N) is 1. The molecule has 2 rings (SSSR count). The molecule has 0 bridgehead atoms. The summed E-state index contributed by atoms with van der Waals surface area (Å²) in [7, 11) is 0. The minimum Gasteiger partial charge on any atom is -0.306 e. The van der Waals surface area contributed by atoms with Gasteiger partial charge in [-0.05, 0) is 52.0 Å². The molecule has 1 N–H and O–H groups in total. The Kier molecular flexibility index (Phi) is 5.72. The van der Waals surface area contributed by atoms with Gasteiger partial charge in [0, 0.05) is 19.9 Å². The summed E-state index contributed by atoms with van der Waals surface area (Å²) in [5.41, 5.74) is 0.907. The summed E-state index contributed by atoms with van der Waals surface area (Å²) in [6.45, 7) is 2.70. The predicted octanol–water partition coefficient (Wildman–Crippen LogP) is 5.64. The van der Waals surface area contributed by atoms with Gasteiger partial charge < -0.3 is 5.32 Å². The Balaban J connectivity index is 2.50. The minimum absolute atomic E-state index is 0.0563. The van der Waals surface area contributed by atoms with E-state index in [0.29, 0.717) is 11.0 Å². The molecule has 2 aromatic rings. The molecule has 1 atom stereocenters. The lowest BCUT2D eigenvalue weighted by atomic mass is 10.00. The van der Waals surface area contributed by atoms with Gasteiger partial charge >= 0.3 is 0 Å². The van der Waals surface area contributed by atoms with Gasteiger partial charge in [-0.1, -0.05) is 22.9 Å². The van der Waals surface area contributed by atoms with E-state index in [9.17, 15) is 8.78 Å². The van der Waals surface area contributed by atoms with Gasteiger partial charge in [0.25, 0.3) is 0 Å². The molecular weight excluding hydrogens is 412 g/mol. The average molecular weight is 425 g/mol. The van der Waals surface area contributed by atoms with E-state index >= 15 is 0 Å². The van der Waals surface area contributed by atoms with Crippen LogP contribution in [-0.4, -0.2) is 6.54 Å². The summed E-state index contributed by atoms with van der Waals surface area (Å²) in [6, 6.07) is 2.09. The van der Waals surface area contributed by atoms with Crippen LogP contribution in [0, 0.1) is 11.6 Å². The second-order valence-electron chi connectivity index (χ2n) is 4.35. The van der Waals surface area contributed by atoms with E-state index in [-0.39, 0.29) is 5.56 Å². The number of halogens is 4. The second kappa shape index (κ2) is 7.11. The molecule has 1 aromatic heterocycles. The minimum atomic E-state index is -0.552. The Morgan fingerprint density at radius 3 is 2.35 bits per heavy atom. The van der Waals surface area contributed by atoms with Gasteiger partial charge in [-0.2, -0.15) is 11.3 Å². The molecule has 0 saturated carbocycles. The fraction of sp³-hybridized carbons (Fsp3) is 0.286. The molecule has 6 heteroatoms. The molecule has 0 radical (unpaired) electrons. The van der Waals surface area contributed by atoms with Crippen LogP contribution in [0.25, 0.3) is 0 Å². The van der Waals surface area contributed by atoms with Gasteiger partial charge in [-0.15, -0.1) is 0 Å². The van der Waals surface area contributed by atoms with Gasteiger partial charge in [0.15, 0.2) is 0 Å². The molecule has 0 amide bonds.